The van der Waals surface area contributed by atoms with Crippen LogP contribution in [0.25, 0.3) is 0 Å². The van der Waals surface area contributed by atoms with Crippen molar-refractivity contribution >= 4 is 0 Å². The monoisotopic (exact) mass is 268 g/mol. The highest BCUT2D eigenvalue weighted by Crippen LogP contribution is 1.85. The lowest BCUT2D eigenvalue weighted by Crippen LogP contribution is -2.17. The summed E-state index contributed by atoms with van der Waals surface area (Å²) < 4.78 is 0. The summed E-state index contributed by atoms with van der Waals surface area (Å²) in [6, 6.07) is 0. The van der Waals surface area contributed by atoms with Gasteiger partial charge in [0.2, 0.25) is 0 Å². The topological polar surface area (TPSA) is 121 Å². The summed E-state index contributed by atoms with van der Waals surface area (Å²) in [6.07, 6.45) is 3.20. The van der Waals surface area contributed by atoms with Gasteiger partial charge >= 0.3 is 0 Å². The third kappa shape index (κ3) is 36.2. The SMILES string of the molecule is CC(O)C(C)O.OC=CCCO.OCCCCO. The van der Waals surface area contributed by atoms with Crippen molar-refractivity contribution in [3.05, 3.63) is 12.3 Å². The molecule has 0 rings (SSSR count). The zero-order valence-corrected chi connectivity index (χ0v) is 11.2. The highest BCUT2D eigenvalue weighted by molar-refractivity contribution is 4.69. The van der Waals surface area contributed by atoms with E-state index in [1.165, 1.54) is 6.08 Å². The van der Waals surface area contributed by atoms with E-state index in [-0.39, 0.29) is 19.8 Å². The molecule has 0 spiro atoms. The number of aliphatic hydroxyl groups is 6. The fourth-order valence-corrected chi connectivity index (χ4v) is 0.373. The smallest absolute Gasteiger partial charge is 0.0768 e. The van der Waals surface area contributed by atoms with E-state index in [2.05, 4.69) is 0 Å². The van der Waals surface area contributed by atoms with Crippen LogP contribution in [0.1, 0.15) is 33.1 Å². The molecule has 6 nitrogen and oxygen atoms in total. The van der Waals surface area contributed by atoms with Gasteiger partial charge < -0.3 is 30.6 Å². The van der Waals surface area contributed by atoms with Crippen molar-refractivity contribution in [1.29, 1.82) is 0 Å². The van der Waals surface area contributed by atoms with E-state index in [0.717, 1.165) is 19.1 Å². The summed E-state index contributed by atoms with van der Waals surface area (Å²) in [5.74, 6) is 0. The molecule has 0 saturated heterocycles. The van der Waals surface area contributed by atoms with E-state index in [4.69, 9.17) is 30.6 Å². The molecule has 2 atom stereocenters. The lowest BCUT2D eigenvalue weighted by atomic mass is 10.3. The second kappa shape index (κ2) is 21.6. The molecule has 0 heterocycles. The van der Waals surface area contributed by atoms with Crippen LogP contribution in [0.15, 0.2) is 12.3 Å². The summed E-state index contributed by atoms with van der Waals surface area (Å²) >= 11 is 0. The van der Waals surface area contributed by atoms with E-state index >= 15 is 0 Å². The van der Waals surface area contributed by atoms with E-state index < -0.39 is 12.2 Å². The van der Waals surface area contributed by atoms with Gasteiger partial charge in [-0.25, -0.2) is 0 Å². The molecule has 0 aliphatic carbocycles. The highest BCUT2D eigenvalue weighted by Gasteiger charge is 1.99. The van der Waals surface area contributed by atoms with Crippen LogP contribution >= 0.6 is 0 Å². The van der Waals surface area contributed by atoms with Crippen molar-refractivity contribution in [2.45, 2.75) is 45.3 Å². The zero-order chi connectivity index (χ0) is 14.8. The minimum atomic E-state index is -0.593. The van der Waals surface area contributed by atoms with Gasteiger partial charge in [0.15, 0.2) is 0 Å². The number of unbranched alkanes of at least 4 members (excludes halogenated alkanes) is 1. The molecule has 2 unspecified atom stereocenters. The van der Waals surface area contributed by atoms with Crippen LogP contribution in [-0.2, 0) is 0 Å². The summed E-state index contributed by atoms with van der Waals surface area (Å²) in [4.78, 5) is 0. The van der Waals surface area contributed by atoms with Crippen LogP contribution in [-0.4, -0.2) is 62.7 Å². The van der Waals surface area contributed by atoms with Crippen LogP contribution in [0.4, 0.5) is 0 Å². The Balaban J connectivity index is -0.000000187. The van der Waals surface area contributed by atoms with Crippen LogP contribution in [0, 0.1) is 0 Å². The summed E-state index contributed by atoms with van der Waals surface area (Å²) in [7, 11) is 0. The van der Waals surface area contributed by atoms with Gasteiger partial charge in [0.1, 0.15) is 0 Å². The largest absolute Gasteiger partial charge is 0.516 e. The quantitative estimate of drug-likeness (QED) is 0.296. The lowest BCUT2D eigenvalue weighted by Gasteiger charge is -2.03. The zero-order valence-electron chi connectivity index (χ0n) is 11.2. The second-order valence-corrected chi connectivity index (χ2v) is 3.53. The molecular formula is C12H28O6. The van der Waals surface area contributed by atoms with Gasteiger partial charge in [0, 0.05) is 19.8 Å². The summed E-state index contributed by atoms with van der Waals surface area (Å²) in [5, 5.41) is 48.9. The van der Waals surface area contributed by atoms with Crippen molar-refractivity contribution in [3.63, 3.8) is 0 Å². The molecule has 0 aliphatic rings. The third-order valence-corrected chi connectivity index (χ3v) is 1.67. The van der Waals surface area contributed by atoms with Gasteiger partial charge in [-0.05, 0) is 39.2 Å². The second-order valence-electron chi connectivity index (χ2n) is 3.53. The van der Waals surface area contributed by atoms with Crippen LogP contribution in [0.5, 0.6) is 0 Å². The summed E-state index contributed by atoms with van der Waals surface area (Å²) in [5.41, 5.74) is 0. The molecule has 0 aliphatic heterocycles. The van der Waals surface area contributed by atoms with Gasteiger partial charge in [-0.15, -0.1) is 0 Å². The maximum absolute atomic E-state index is 8.38. The van der Waals surface area contributed by atoms with E-state index in [9.17, 15) is 0 Å². The number of rotatable bonds is 6. The van der Waals surface area contributed by atoms with Crippen molar-refractivity contribution < 1.29 is 30.6 Å². The first-order chi connectivity index (χ1) is 8.47. The Labute approximate surface area is 109 Å². The molecular weight excluding hydrogens is 240 g/mol. The van der Waals surface area contributed by atoms with Crippen molar-refractivity contribution in [2.24, 2.45) is 0 Å². The Morgan fingerprint density at radius 3 is 1.33 bits per heavy atom. The molecule has 0 amide bonds. The Kier molecular flexibility index (Phi) is 27.0. The maximum Gasteiger partial charge on any atom is 0.0768 e. The van der Waals surface area contributed by atoms with Gasteiger partial charge in [0.25, 0.3) is 0 Å². The molecule has 0 bridgehead atoms. The number of aliphatic hydroxyl groups excluding tert-OH is 6. The molecule has 0 aromatic heterocycles. The fourth-order valence-electron chi connectivity index (χ4n) is 0.373. The van der Waals surface area contributed by atoms with Crippen molar-refractivity contribution in [3.8, 4) is 0 Å². The van der Waals surface area contributed by atoms with Crippen molar-refractivity contribution in [2.75, 3.05) is 19.8 Å². The number of hydrogen-bond acceptors (Lipinski definition) is 6. The van der Waals surface area contributed by atoms with E-state index in [1.807, 2.05) is 0 Å². The van der Waals surface area contributed by atoms with Gasteiger partial charge in [-0.2, -0.15) is 0 Å². The van der Waals surface area contributed by atoms with E-state index in [0.29, 0.717) is 6.42 Å². The summed E-state index contributed by atoms with van der Waals surface area (Å²) in [6.45, 7) is 3.59. The standard InChI is InChI=1S/2C4H10O2.C4H8O2/c1-3(5)4(2)6;2*5-3-1-2-4-6/h3-6H,1-2H3;5-6H,1-4H2;1,3,5-6H,2,4H2. The lowest BCUT2D eigenvalue weighted by molar-refractivity contribution is 0.0438. The van der Waals surface area contributed by atoms with Gasteiger partial charge in [-0.3, -0.25) is 0 Å². The first kappa shape index (κ1) is 22.5. The molecule has 0 fully saturated rings. The van der Waals surface area contributed by atoms with Crippen molar-refractivity contribution in [1.82, 2.24) is 0 Å². The Hall–Kier alpha value is -0.660. The van der Waals surface area contributed by atoms with Crippen LogP contribution < -0.4 is 0 Å². The predicted octanol–water partition coefficient (Wildman–Crippen LogP) is -0.0603. The molecule has 0 radical (unpaired) electrons. The molecule has 112 valence electrons. The molecule has 0 aromatic carbocycles. The van der Waals surface area contributed by atoms with Crippen LogP contribution in [0.2, 0.25) is 0 Å². The molecule has 0 aromatic rings. The van der Waals surface area contributed by atoms with Crippen LogP contribution in [0.3, 0.4) is 0 Å². The fraction of sp³-hybridized carbons (Fsp3) is 0.833. The Morgan fingerprint density at radius 1 is 0.833 bits per heavy atom. The highest BCUT2D eigenvalue weighted by atomic mass is 16.3. The molecule has 6 heteroatoms. The first-order valence-electron chi connectivity index (χ1n) is 5.95. The van der Waals surface area contributed by atoms with Gasteiger partial charge in [0.05, 0.1) is 18.5 Å². The third-order valence-electron chi connectivity index (χ3n) is 1.67. The molecule has 0 saturated carbocycles. The Bertz CT molecular complexity index is 138. The van der Waals surface area contributed by atoms with E-state index in [1.54, 1.807) is 13.8 Å². The maximum atomic E-state index is 8.38. The predicted molar refractivity (Wildman–Crippen MR) is 70.2 cm³/mol. The Morgan fingerprint density at radius 2 is 1.22 bits per heavy atom. The average molecular weight is 268 g/mol. The number of hydrogen-bond donors (Lipinski definition) is 6. The molecule has 6 N–H and O–H groups in total. The normalized spacial score (nSPS) is 13.1. The average Bonchev–Trinajstić information content (AvgIpc) is 2.35. The minimum Gasteiger partial charge on any atom is -0.516 e. The first-order valence-corrected chi connectivity index (χ1v) is 5.95. The minimum absolute atomic E-state index is 0.108. The van der Waals surface area contributed by atoms with Gasteiger partial charge in [-0.1, -0.05) is 0 Å². The molecule has 18 heavy (non-hydrogen) atoms.